The van der Waals surface area contributed by atoms with Crippen LogP contribution in [0.15, 0.2) is 4.99 Å². The molecule has 0 aromatic carbocycles. The van der Waals surface area contributed by atoms with Crippen molar-refractivity contribution in [2.75, 3.05) is 0 Å². The van der Waals surface area contributed by atoms with E-state index >= 15 is 0 Å². The zero-order valence-corrected chi connectivity index (χ0v) is 4.99. The van der Waals surface area contributed by atoms with E-state index in [0.717, 1.165) is 12.8 Å². The van der Waals surface area contributed by atoms with Gasteiger partial charge >= 0.3 is 6.17 Å². The second-order valence-electron chi connectivity index (χ2n) is 2.03. The number of hydrogen-bond acceptors (Lipinski definition) is 3. The van der Waals surface area contributed by atoms with E-state index < -0.39 is 6.17 Å². The summed E-state index contributed by atoms with van der Waals surface area (Å²) >= 11 is 0. The van der Waals surface area contributed by atoms with Crippen LogP contribution in [0.1, 0.15) is 19.3 Å². The van der Waals surface area contributed by atoms with Crippen LogP contribution in [0.4, 0.5) is 0 Å². The lowest BCUT2D eigenvalue weighted by molar-refractivity contribution is -0.521. The third-order valence-electron chi connectivity index (χ3n) is 1.32. The molecule has 0 aromatic rings. The molecule has 50 valence electrons. The van der Waals surface area contributed by atoms with Gasteiger partial charge in [-0.25, -0.2) is 4.99 Å². The predicted octanol–water partition coefficient (Wildman–Crippen LogP) is 0.844. The number of nitrogens with zero attached hydrogens (tertiary/aromatic N) is 2. The van der Waals surface area contributed by atoms with E-state index in [9.17, 15) is 10.1 Å². The summed E-state index contributed by atoms with van der Waals surface area (Å²) in [4.78, 5) is 13.4. The van der Waals surface area contributed by atoms with E-state index in [2.05, 4.69) is 4.99 Å². The maximum Gasteiger partial charge on any atom is 0.303 e. The summed E-state index contributed by atoms with van der Waals surface area (Å²) in [7, 11) is 0. The smallest absolute Gasteiger partial charge is 0.262 e. The Bertz CT molecular complexity index is 144. The minimum absolute atomic E-state index is 0.338. The number of rotatable bonds is 1. The van der Waals surface area contributed by atoms with Gasteiger partial charge in [-0.2, -0.15) is 0 Å². The maximum absolute atomic E-state index is 10.0. The van der Waals surface area contributed by atoms with Crippen molar-refractivity contribution >= 4 is 6.21 Å². The first kappa shape index (κ1) is 6.19. The maximum atomic E-state index is 10.0. The summed E-state index contributed by atoms with van der Waals surface area (Å²) in [5.74, 6) is 0. The molecule has 0 saturated carbocycles. The van der Waals surface area contributed by atoms with E-state index in [-0.39, 0.29) is 4.92 Å². The zero-order valence-electron chi connectivity index (χ0n) is 4.99. The molecule has 1 aliphatic heterocycles. The predicted molar refractivity (Wildman–Crippen MR) is 33.1 cm³/mol. The van der Waals surface area contributed by atoms with Crippen LogP contribution in [0.2, 0.25) is 0 Å². The van der Waals surface area contributed by atoms with Crippen molar-refractivity contribution in [2.24, 2.45) is 4.99 Å². The minimum atomic E-state index is -0.654. The Kier molecular flexibility index (Phi) is 1.77. The molecule has 4 nitrogen and oxygen atoms in total. The topological polar surface area (TPSA) is 55.5 Å². The van der Waals surface area contributed by atoms with Gasteiger partial charge in [0.25, 0.3) is 0 Å². The lowest BCUT2D eigenvalue weighted by Crippen LogP contribution is -2.19. The standard InChI is InChI=1S/C5H8N2O2/c8-7(9)5-3-1-2-4-6-5/h4-5H,1-3H2. The normalized spacial score (nSPS) is 26.0. The molecular formula is C5H8N2O2. The molecule has 0 aliphatic carbocycles. The molecule has 1 atom stereocenters. The molecule has 9 heavy (non-hydrogen) atoms. The zero-order chi connectivity index (χ0) is 6.69. The van der Waals surface area contributed by atoms with Gasteiger partial charge in [-0.05, 0) is 12.8 Å². The summed E-state index contributed by atoms with van der Waals surface area (Å²) in [6.07, 6.45) is 3.37. The van der Waals surface area contributed by atoms with Crippen molar-refractivity contribution in [2.45, 2.75) is 25.4 Å². The number of aliphatic imine (C=N–C) groups is 1. The minimum Gasteiger partial charge on any atom is -0.262 e. The van der Waals surface area contributed by atoms with Crippen LogP contribution in [0, 0.1) is 10.1 Å². The van der Waals surface area contributed by atoms with Gasteiger partial charge in [0.05, 0.1) is 0 Å². The third kappa shape index (κ3) is 1.48. The first-order chi connectivity index (χ1) is 4.30. The third-order valence-corrected chi connectivity index (χ3v) is 1.32. The molecule has 0 bridgehead atoms. The molecule has 0 fully saturated rings. The molecule has 1 heterocycles. The lowest BCUT2D eigenvalue weighted by Gasteiger charge is -2.06. The molecule has 0 saturated heterocycles. The van der Waals surface area contributed by atoms with Gasteiger partial charge in [0.15, 0.2) is 0 Å². The molecule has 0 N–H and O–H groups in total. The van der Waals surface area contributed by atoms with Crippen molar-refractivity contribution in [3.05, 3.63) is 10.1 Å². The fourth-order valence-electron chi connectivity index (χ4n) is 0.822. The van der Waals surface area contributed by atoms with Crippen LogP contribution in [0.3, 0.4) is 0 Å². The molecule has 0 spiro atoms. The average molecular weight is 128 g/mol. The fourth-order valence-corrected chi connectivity index (χ4v) is 0.822. The van der Waals surface area contributed by atoms with Crippen molar-refractivity contribution in [1.82, 2.24) is 0 Å². The first-order valence-electron chi connectivity index (χ1n) is 2.96. The van der Waals surface area contributed by atoms with Gasteiger partial charge in [-0.1, -0.05) is 0 Å². The van der Waals surface area contributed by atoms with E-state index in [1.807, 2.05) is 0 Å². The Morgan fingerprint density at radius 1 is 1.78 bits per heavy atom. The number of nitro groups is 1. The van der Waals surface area contributed by atoms with Crippen molar-refractivity contribution in [3.63, 3.8) is 0 Å². The first-order valence-corrected chi connectivity index (χ1v) is 2.96. The van der Waals surface area contributed by atoms with Gasteiger partial charge in [0, 0.05) is 17.6 Å². The van der Waals surface area contributed by atoms with E-state index in [0.29, 0.717) is 6.42 Å². The summed E-state index contributed by atoms with van der Waals surface area (Å²) in [5.41, 5.74) is 0. The van der Waals surface area contributed by atoms with Gasteiger partial charge in [0.1, 0.15) is 0 Å². The highest BCUT2D eigenvalue weighted by atomic mass is 16.6. The second kappa shape index (κ2) is 2.57. The van der Waals surface area contributed by atoms with E-state index in [1.54, 1.807) is 6.21 Å². The SMILES string of the molecule is O=[N+]([O-])C1CCCC=N1. The Balaban J connectivity index is 2.50. The Labute approximate surface area is 52.7 Å². The largest absolute Gasteiger partial charge is 0.303 e. The van der Waals surface area contributed by atoms with Crippen molar-refractivity contribution in [1.29, 1.82) is 0 Å². The number of hydrogen-bond donors (Lipinski definition) is 0. The van der Waals surface area contributed by atoms with Gasteiger partial charge in [-0.15, -0.1) is 0 Å². The molecule has 0 amide bonds. The van der Waals surface area contributed by atoms with Crippen LogP contribution in [-0.2, 0) is 0 Å². The van der Waals surface area contributed by atoms with Crippen LogP contribution < -0.4 is 0 Å². The van der Waals surface area contributed by atoms with Crippen molar-refractivity contribution in [3.8, 4) is 0 Å². The summed E-state index contributed by atoms with van der Waals surface area (Å²) in [5, 5.41) is 10.0. The molecular weight excluding hydrogens is 120 g/mol. The molecule has 0 radical (unpaired) electrons. The summed E-state index contributed by atoms with van der Waals surface area (Å²) in [6.45, 7) is 0. The Morgan fingerprint density at radius 3 is 2.89 bits per heavy atom. The average Bonchev–Trinajstić information content (AvgIpc) is 1.90. The molecule has 4 heteroatoms. The molecule has 0 aromatic heterocycles. The molecule has 1 rings (SSSR count). The van der Waals surface area contributed by atoms with Crippen molar-refractivity contribution < 1.29 is 4.92 Å². The monoisotopic (exact) mass is 128 g/mol. The Morgan fingerprint density at radius 2 is 2.56 bits per heavy atom. The fraction of sp³-hybridized carbons (Fsp3) is 0.800. The van der Waals surface area contributed by atoms with Gasteiger partial charge < -0.3 is 0 Å². The summed E-state index contributed by atoms with van der Waals surface area (Å²) in [6, 6.07) is 0. The second-order valence-corrected chi connectivity index (χ2v) is 2.03. The molecule has 1 aliphatic rings. The van der Waals surface area contributed by atoms with E-state index in [4.69, 9.17) is 0 Å². The van der Waals surface area contributed by atoms with Crippen LogP contribution in [-0.4, -0.2) is 17.3 Å². The summed E-state index contributed by atoms with van der Waals surface area (Å²) < 4.78 is 0. The molecule has 1 unspecified atom stereocenters. The quantitative estimate of drug-likeness (QED) is 0.388. The lowest BCUT2D eigenvalue weighted by atomic mass is 10.2. The highest BCUT2D eigenvalue weighted by Gasteiger charge is 2.18. The highest BCUT2D eigenvalue weighted by molar-refractivity contribution is 5.57. The Hall–Kier alpha value is -0.930. The van der Waals surface area contributed by atoms with E-state index in [1.165, 1.54) is 0 Å². The van der Waals surface area contributed by atoms with Crippen LogP contribution in [0.5, 0.6) is 0 Å². The van der Waals surface area contributed by atoms with Crippen LogP contribution in [0.25, 0.3) is 0 Å². The van der Waals surface area contributed by atoms with Gasteiger partial charge in [0.2, 0.25) is 0 Å². The van der Waals surface area contributed by atoms with Gasteiger partial charge in [-0.3, -0.25) is 10.1 Å². The highest BCUT2D eigenvalue weighted by Crippen LogP contribution is 2.08. The van der Waals surface area contributed by atoms with Crippen LogP contribution >= 0.6 is 0 Å².